The minimum atomic E-state index is 0.192. The van der Waals surface area contributed by atoms with Crippen molar-refractivity contribution in [1.29, 1.82) is 0 Å². The van der Waals surface area contributed by atoms with E-state index in [1.54, 1.807) is 6.20 Å². The van der Waals surface area contributed by atoms with Crippen LogP contribution in [0.4, 0.5) is 11.8 Å². The fraction of sp³-hybridized carbons (Fsp3) is 0.643. The second kappa shape index (κ2) is 5.85. The highest BCUT2D eigenvalue weighted by molar-refractivity contribution is 5.87. The first-order valence-electron chi connectivity index (χ1n) is 7.52. The molecular formula is C14H22N6O. The van der Waals surface area contributed by atoms with Crippen LogP contribution in [0.3, 0.4) is 0 Å². The second-order valence-corrected chi connectivity index (χ2v) is 5.59. The summed E-state index contributed by atoms with van der Waals surface area (Å²) in [7, 11) is 0. The number of nitrogens with zero attached hydrogens (tertiary/aromatic N) is 4. The van der Waals surface area contributed by atoms with Gasteiger partial charge in [-0.05, 0) is 20.3 Å². The molecule has 0 radical (unpaired) electrons. The molecule has 1 fully saturated rings. The Balaban J connectivity index is 1.97. The molecule has 0 aromatic carbocycles. The lowest BCUT2D eigenvalue weighted by molar-refractivity contribution is -0.00536. The molecule has 2 atom stereocenters. The molecule has 1 aliphatic heterocycles. The minimum Gasteiger partial charge on any atom is -0.372 e. The average Bonchev–Trinajstić information content (AvgIpc) is 2.91. The smallest absolute Gasteiger partial charge is 0.226 e. The number of nitrogens with one attached hydrogen (secondary N) is 2. The average molecular weight is 290 g/mol. The summed E-state index contributed by atoms with van der Waals surface area (Å²) in [5, 5.41) is 11.2. The lowest BCUT2D eigenvalue weighted by Gasteiger charge is -2.36. The van der Waals surface area contributed by atoms with E-state index in [-0.39, 0.29) is 12.2 Å². The van der Waals surface area contributed by atoms with Crippen molar-refractivity contribution in [3.05, 3.63) is 6.20 Å². The number of fused-ring (bicyclic) bond motifs is 1. The molecule has 3 heterocycles. The first-order valence-corrected chi connectivity index (χ1v) is 7.52. The molecule has 0 unspecified atom stereocenters. The van der Waals surface area contributed by atoms with Gasteiger partial charge in [-0.3, -0.25) is 5.10 Å². The van der Waals surface area contributed by atoms with Gasteiger partial charge in [0.05, 0.1) is 23.8 Å². The first-order chi connectivity index (χ1) is 10.2. The molecular weight excluding hydrogens is 268 g/mol. The molecule has 0 amide bonds. The van der Waals surface area contributed by atoms with Gasteiger partial charge in [0.25, 0.3) is 0 Å². The fourth-order valence-corrected chi connectivity index (χ4v) is 2.73. The largest absolute Gasteiger partial charge is 0.372 e. The van der Waals surface area contributed by atoms with Crippen LogP contribution < -0.4 is 10.2 Å². The fourth-order valence-electron chi connectivity index (χ4n) is 2.73. The Hall–Kier alpha value is -1.89. The zero-order valence-electron chi connectivity index (χ0n) is 12.8. The van der Waals surface area contributed by atoms with E-state index in [1.165, 1.54) is 0 Å². The number of anilines is 2. The molecule has 2 aromatic rings. The van der Waals surface area contributed by atoms with E-state index in [0.717, 1.165) is 42.9 Å². The predicted octanol–water partition coefficient (Wildman–Crippen LogP) is 1.79. The number of aromatic nitrogens is 4. The first kappa shape index (κ1) is 14.1. The van der Waals surface area contributed by atoms with Crippen molar-refractivity contribution < 1.29 is 4.74 Å². The Labute approximate surface area is 124 Å². The standard InChI is InChI=1S/C14H22N6O/c1-4-5-15-14-17-12-11(6-16-19-12)13(18-14)20-7-9(2)21-10(3)8-20/h6,9-10H,4-5,7-8H2,1-3H3,(H2,15,16,17,18,19)/t9-,10+. The van der Waals surface area contributed by atoms with Crippen LogP contribution >= 0.6 is 0 Å². The molecule has 21 heavy (non-hydrogen) atoms. The summed E-state index contributed by atoms with van der Waals surface area (Å²) in [5.74, 6) is 1.57. The summed E-state index contributed by atoms with van der Waals surface area (Å²) in [6.07, 6.45) is 3.21. The maximum Gasteiger partial charge on any atom is 0.226 e. The summed E-state index contributed by atoms with van der Waals surface area (Å²) < 4.78 is 5.80. The van der Waals surface area contributed by atoms with E-state index >= 15 is 0 Å². The summed E-state index contributed by atoms with van der Waals surface area (Å²) >= 11 is 0. The predicted molar refractivity (Wildman–Crippen MR) is 82.7 cm³/mol. The Morgan fingerprint density at radius 1 is 1.33 bits per heavy atom. The summed E-state index contributed by atoms with van der Waals surface area (Å²) in [6.45, 7) is 8.81. The lowest BCUT2D eigenvalue weighted by atomic mass is 10.2. The monoisotopic (exact) mass is 290 g/mol. The molecule has 3 rings (SSSR count). The number of ether oxygens (including phenoxy) is 1. The lowest BCUT2D eigenvalue weighted by Crippen LogP contribution is -2.46. The number of rotatable bonds is 4. The van der Waals surface area contributed by atoms with Crippen LogP contribution in [0.5, 0.6) is 0 Å². The number of hydrogen-bond acceptors (Lipinski definition) is 6. The van der Waals surface area contributed by atoms with E-state index in [9.17, 15) is 0 Å². The molecule has 0 bridgehead atoms. The van der Waals surface area contributed by atoms with E-state index in [4.69, 9.17) is 9.72 Å². The van der Waals surface area contributed by atoms with Crippen molar-refractivity contribution in [1.82, 2.24) is 20.2 Å². The molecule has 1 saturated heterocycles. The molecule has 0 saturated carbocycles. The van der Waals surface area contributed by atoms with Gasteiger partial charge in [0.2, 0.25) is 5.95 Å². The highest BCUT2D eigenvalue weighted by Gasteiger charge is 2.25. The van der Waals surface area contributed by atoms with Crippen molar-refractivity contribution in [2.24, 2.45) is 0 Å². The maximum atomic E-state index is 5.80. The van der Waals surface area contributed by atoms with E-state index in [2.05, 4.69) is 46.2 Å². The van der Waals surface area contributed by atoms with Gasteiger partial charge in [-0.15, -0.1) is 0 Å². The van der Waals surface area contributed by atoms with Crippen molar-refractivity contribution in [2.75, 3.05) is 29.9 Å². The quantitative estimate of drug-likeness (QED) is 0.893. The van der Waals surface area contributed by atoms with E-state index < -0.39 is 0 Å². The molecule has 1 aliphatic rings. The van der Waals surface area contributed by atoms with Crippen LogP contribution in [0.2, 0.25) is 0 Å². The number of morpholine rings is 1. The topological polar surface area (TPSA) is 79.0 Å². The SMILES string of the molecule is CCCNc1nc(N2C[C@@H](C)O[C@@H](C)C2)c2cn[nH]c2n1. The summed E-state index contributed by atoms with van der Waals surface area (Å²) in [6, 6.07) is 0. The zero-order chi connectivity index (χ0) is 14.8. The third-order valence-electron chi connectivity index (χ3n) is 3.54. The summed E-state index contributed by atoms with van der Waals surface area (Å²) in [4.78, 5) is 11.4. The van der Waals surface area contributed by atoms with Gasteiger partial charge in [0, 0.05) is 19.6 Å². The van der Waals surface area contributed by atoms with Crippen molar-refractivity contribution in [3.8, 4) is 0 Å². The third kappa shape index (κ3) is 2.92. The molecule has 0 aliphatic carbocycles. The number of aromatic amines is 1. The molecule has 7 nitrogen and oxygen atoms in total. The van der Waals surface area contributed by atoms with Crippen LogP contribution in [0.15, 0.2) is 6.20 Å². The van der Waals surface area contributed by atoms with Gasteiger partial charge in [-0.2, -0.15) is 15.1 Å². The van der Waals surface area contributed by atoms with Gasteiger partial charge in [0.15, 0.2) is 5.65 Å². The maximum absolute atomic E-state index is 5.80. The van der Waals surface area contributed by atoms with Crippen molar-refractivity contribution in [3.63, 3.8) is 0 Å². The van der Waals surface area contributed by atoms with Crippen molar-refractivity contribution in [2.45, 2.75) is 39.4 Å². The van der Waals surface area contributed by atoms with Gasteiger partial charge in [-0.1, -0.05) is 6.92 Å². The van der Waals surface area contributed by atoms with Gasteiger partial charge in [-0.25, -0.2) is 0 Å². The zero-order valence-corrected chi connectivity index (χ0v) is 12.8. The van der Waals surface area contributed by atoms with Gasteiger partial charge in [0.1, 0.15) is 5.82 Å². The normalized spacial score (nSPS) is 22.7. The van der Waals surface area contributed by atoms with Gasteiger partial charge >= 0.3 is 0 Å². The Morgan fingerprint density at radius 2 is 2.10 bits per heavy atom. The van der Waals surface area contributed by atoms with Crippen LogP contribution in [0.25, 0.3) is 11.0 Å². The van der Waals surface area contributed by atoms with Gasteiger partial charge < -0.3 is 15.0 Å². The number of hydrogen-bond donors (Lipinski definition) is 2. The van der Waals surface area contributed by atoms with Crippen LogP contribution in [0, 0.1) is 0 Å². The molecule has 7 heteroatoms. The third-order valence-corrected chi connectivity index (χ3v) is 3.54. The van der Waals surface area contributed by atoms with Crippen LogP contribution in [0.1, 0.15) is 27.2 Å². The second-order valence-electron chi connectivity index (χ2n) is 5.59. The highest BCUT2D eigenvalue weighted by Crippen LogP contribution is 2.26. The van der Waals surface area contributed by atoms with E-state index in [0.29, 0.717) is 5.95 Å². The Kier molecular flexibility index (Phi) is 3.92. The molecule has 114 valence electrons. The van der Waals surface area contributed by atoms with Crippen molar-refractivity contribution >= 4 is 22.8 Å². The molecule has 2 N–H and O–H groups in total. The van der Waals surface area contributed by atoms with Crippen LogP contribution in [-0.4, -0.2) is 52.0 Å². The Bertz CT molecular complexity index is 603. The molecule has 2 aromatic heterocycles. The van der Waals surface area contributed by atoms with E-state index in [1.807, 2.05) is 0 Å². The Morgan fingerprint density at radius 3 is 2.81 bits per heavy atom. The highest BCUT2D eigenvalue weighted by atomic mass is 16.5. The van der Waals surface area contributed by atoms with Crippen LogP contribution in [-0.2, 0) is 4.74 Å². The molecule has 0 spiro atoms. The minimum absolute atomic E-state index is 0.192. The number of H-pyrrole nitrogens is 1. The summed E-state index contributed by atoms with van der Waals surface area (Å²) in [5.41, 5.74) is 0.769.